The van der Waals surface area contributed by atoms with Crippen molar-refractivity contribution in [3.63, 3.8) is 0 Å². The van der Waals surface area contributed by atoms with E-state index >= 15 is 0 Å². The summed E-state index contributed by atoms with van der Waals surface area (Å²) in [6.45, 7) is 2.06. The first-order chi connectivity index (χ1) is 13.4. The fourth-order valence-corrected chi connectivity index (χ4v) is 5.45. The van der Waals surface area contributed by atoms with Crippen LogP contribution in [0.15, 0.2) is 58.7 Å². The maximum atomic E-state index is 13.3. The van der Waals surface area contributed by atoms with Crippen molar-refractivity contribution in [2.24, 2.45) is 0 Å². The average molecular weight is 419 g/mol. The molecule has 0 radical (unpaired) electrons. The molecule has 28 heavy (non-hydrogen) atoms. The highest BCUT2D eigenvalue weighted by Crippen LogP contribution is 2.42. The van der Waals surface area contributed by atoms with Gasteiger partial charge in [0.15, 0.2) is 5.16 Å². The van der Waals surface area contributed by atoms with Gasteiger partial charge in [0, 0.05) is 23.9 Å². The minimum atomic E-state index is -3.74. The van der Waals surface area contributed by atoms with Crippen LogP contribution in [0, 0.1) is 11.6 Å². The van der Waals surface area contributed by atoms with Crippen LogP contribution >= 0.6 is 11.8 Å². The Morgan fingerprint density at radius 1 is 1.11 bits per heavy atom. The summed E-state index contributed by atoms with van der Waals surface area (Å²) in [5, 5.41) is 0.332. The molecule has 0 atom stereocenters. The van der Waals surface area contributed by atoms with Gasteiger partial charge in [-0.15, -0.1) is 0 Å². The molecule has 0 unspecified atom stereocenters. The van der Waals surface area contributed by atoms with Crippen molar-refractivity contribution >= 4 is 27.5 Å². The van der Waals surface area contributed by atoms with Gasteiger partial charge in [0.05, 0.1) is 17.6 Å². The standard InChI is InChI=1S/C19H15F2N3O2S2/c1-2-24-16-6-4-3-5-15(16)18-17(28(24,25)26)10-22-19(23-18)27-11-12-7-13(20)9-14(21)8-12/h3-10H,2,11H2,1H3. The number of thioether (sulfide) groups is 1. The molecular weight excluding hydrogens is 404 g/mol. The third-order valence-electron chi connectivity index (χ3n) is 4.31. The van der Waals surface area contributed by atoms with Crippen molar-refractivity contribution in [2.45, 2.75) is 22.7 Å². The first-order valence-corrected chi connectivity index (χ1v) is 10.9. The SMILES string of the molecule is CCN1c2ccccc2-c2nc(SCc3cc(F)cc(F)c3)ncc2S1(=O)=O. The Morgan fingerprint density at radius 3 is 2.54 bits per heavy atom. The van der Waals surface area contributed by atoms with Crippen molar-refractivity contribution < 1.29 is 17.2 Å². The molecule has 3 aromatic rings. The Bertz CT molecular complexity index is 1150. The van der Waals surface area contributed by atoms with Crippen LogP contribution in [0.5, 0.6) is 0 Å². The zero-order valence-electron chi connectivity index (χ0n) is 14.8. The van der Waals surface area contributed by atoms with Gasteiger partial charge >= 0.3 is 0 Å². The fourth-order valence-electron chi connectivity index (χ4n) is 3.13. The van der Waals surface area contributed by atoms with Crippen LogP contribution in [0.4, 0.5) is 14.5 Å². The maximum absolute atomic E-state index is 13.3. The van der Waals surface area contributed by atoms with E-state index in [0.29, 0.717) is 34.2 Å². The third-order valence-corrected chi connectivity index (χ3v) is 7.13. The number of benzene rings is 2. The molecule has 0 N–H and O–H groups in total. The van der Waals surface area contributed by atoms with Crippen LogP contribution in [-0.4, -0.2) is 24.9 Å². The topological polar surface area (TPSA) is 63.2 Å². The lowest BCUT2D eigenvalue weighted by Crippen LogP contribution is -2.34. The van der Waals surface area contributed by atoms with Gasteiger partial charge in [0.2, 0.25) is 0 Å². The smallest absolute Gasteiger partial charge is 0.266 e. The van der Waals surface area contributed by atoms with Gasteiger partial charge in [-0.2, -0.15) is 0 Å². The molecule has 1 aliphatic rings. The Kier molecular flexibility index (Phi) is 4.80. The highest BCUT2D eigenvalue weighted by molar-refractivity contribution is 7.98. The van der Waals surface area contributed by atoms with E-state index in [1.807, 2.05) is 12.1 Å². The van der Waals surface area contributed by atoms with Crippen molar-refractivity contribution in [3.05, 3.63) is 65.9 Å². The molecule has 0 spiro atoms. The number of nitrogens with zero attached hydrogens (tertiary/aromatic N) is 3. The number of halogens is 2. The first kappa shape index (κ1) is 18.8. The lowest BCUT2D eigenvalue weighted by molar-refractivity contribution is 0.581. The molecule has 1 aromatic heterocycles. The molecule has 0 aliphatic carbocycles. The number of hydrogen-bond donors (Lipinski definition) is 0. The number of hydrogen-bond acceptors (Lipinski definition) is 5. The van der Waals surface area contributed by atoms with Crippen molar-refractivity contribution in [2.75, 3.05) is 10.8 Å². The Hall–Kier alpha value is -2.52. The van der Waals surface area contributed by atoms with Gasteiger partial charge in [-0.05, 0) is 30.7 Å². The molecular formula is C19H15F2N3O2S2. The van der Waals surface area contributed by atoms with Crippen LogP contribution in [0.2, 0.25) is 0 Å². The summed E-state index contributed by atoms with van der Waals surface area (Å²) in [6.07, 6.45) is 1.30. The lowest BCUT2D eigenvalue weighted by atomic mass is 10.1. The third kappa shape index (κ3) is 3.24. The van der Waals surface area contributed by atoms with E-state index in [2.05, 4.69) is 9.97 Å². The average Bonchev–Trinajstić information content (AvgIpc) is 2.66. The van der Waals surface area contributed by atoms with Crippen LogP contribution < -0.4 is 4.31 Å². The van der Waals surface area contributed by atoms with E-state index in [-0.39, 0.29) is 10.6 Å². The second-order valence-corrected chi connectivity index (χ2v) is 8.89. The fraction of sp³-hybridized carbons (Fsp3) is 0.158. The van der Waals surface area contributed by atoms with Crippen molar-refractivity contribution in [1.82, 2.24) is 9.97 Å². The molecule has 2 heterocycles. The van der Waals surface area contributed by atoms with Gasteiger partial charge in [-0.1, -0.05) is 30.0 Å². The zero-order valence-corrected chi connectivity index (χ0v) is 16.4. The summed E-state index contributed by atoms with van der Waals surface area (Å²) in [4.78, 5) is 8.64. The minimum Gasteiger partial charge on any atom is -0.266 e. The second kappa shape index (κ2) is 7.14. The van der Waals surface area contributed by atoms with Crippen LogP contribution in [0.25, 0.3) is 11.3 Å². The zero-order chi connectivity index (χ0) is 19.9. The van der Waals surface area contributed by atoms with Gasteiger partial charge in [0.1, 0.15) is 16.5 Å². The van der Waals surface area contributed by atoms with Crippen molar-refractivity contribution in [1.29, 1.82) is 0 Å². The Balaban J connectivity index is 1.72. The highest BCUT2D eigenvalue weighted by atomic mass is 32.2. The Morgan fingerprint density at radius 2 is 1.82 bits per heavy atom. The molecule has 0 saturated carbocycles. The van der Waals surface area contributed by atoms with Crippen LogP contribution in [-0.2, 0) is 15.8 Å². The van der Waals surface area contributed by atoms with Gasteiger partial charge in [-0.25, -0.2) is 27.2 Å². The van der Waals surface area contributed by atoms with E-state index in [4.69, 9.17) is 0 Å². The molecule has 5 nitrogen and oxygen atoms in total. The van der Waals surface area contributed by atoms with E-state index < -0.39 is 21.7 Å². The lowest BCUT2D eigenvalue weighted by Gasteiger charge is -2.30. The van der Waals surface area contributed by atoms with E-state index in [0.717, 1.165) is 6.07 Å². The van der Waals surface area contributed by atoms with Gasteiger partial charge in [0.25, 0.3) is 10.0 Å². The van der Waals surface area contributed by atoms with Crippen molar-refractivity contribution in [3.8, 4) is 11.3 Å². The molecule has 2 aromatic carbocycles. The molecule has 1 aliphatic heterocycles. The molecule has 0 fully saturated rings. The second-order valence-electron chi connectivity index (χ2n) is 6.12. The van der Waals surface area contributed by atoms with Gasteiger partial charge < -0.3 is 0 Å². The quantitative estimate of drug-likeness (QED) is 0.468. The summed E-state index contributed by atoms with van der Waals surface area (Å²) in [7, 11) is -3.74. The van der Waals surface area contributed by atoms with Crippen LogP contribution in [0.3, 0.4) is 0 Å². The summed E-state index contributed by atoms with van der Waals surface area (Å²) in [5.74, 6) is -1.05. The van der Waals surface area contributed by atoms with Gasteiger partial charge in [-0.3, -0.25) is 4.31 Å². The number of fused-ring (bicyclic) bond motifs is 3. The normalized spacial score (nSPS) is 14.5. The summed E-state index contributed by atoms with van der Waals surface area (Å²) >= 11 is 1.18. The molecule has 0 amide bonds. The summed E-state index contributed by atoms with van der Waals surface area (Å²) in [5.41, 5.74) is 2.06. The number of aromatic nitrogens is 2. The number of rotatable bonds is 4. The van der Waals surface area contributed by atoms with E-state index in [1.54, 1.807) is 19.1 Å². The largest absolute Gasteiger partial charge is 0.268 e. The molecule has 0 saturated heterocycles. The molecule has 144 valence electrons. The monoisotopic (exact) mass is 419 g/mol. The highest BCUT2D eigenvalue weighted by Gasteiger charge is 2.35. The summed E-state index contributed by atoms with van der Waals surface area (Å²) in [6, 6.07) is 10.4. The predicted molar refractivity (Wildman–Crippen MR) is 104 cm³/mol. The molecule has 4 rings (SSSR count). The molecule has 9 heteroatoms. The predicted octanol–water partition coefficient (Wildman–Crippen LogP) is 4.24. The molecule has 0 bridgehead atoms. The first-order valence-electron chi connectivity index (χ1n) is 8.47. The number of anilines is 1. The summed E-state index contributed by atoms with van der Waals surface area (Å²) < 4.78 is 53.9. The minimum absolute atomic E-state index is 0.0502. The van der Waals surface area contributed by atoms with E-state index in [1.165, 1.54) is 34.4 Å². The van der Waals surface area contributed by atoms with E-state index in [9.17, 15) is 17.2 Å². The van der Waals surface area contributed by atoms with Crippen LogP contribution in [0.1, 0.15) is 12.5 Å². The number of sulfonamides is 1. The number of para-hydroxylation sites is 1. The maximum Gasteiger partial charge on any atom is 0.268 e. The Labute approximate surface area is 165 Å².